The third-order valence-corrected chi connectivity index (χ3v) is 6.69. The maximum Gasteiger partial charge on any atom is 0.325 e. The predicted molar refractivity (Wildman–Crippen MR) is 148 cm³/mol. The number of urea groups is 2. The number of nitrogens with one attached hydrogen (secondary N) is 3. The van der Waals surface area contributed by atoms with Gasteiger partial charge in [-0.1, -0.05) is 72.3 Å². The summed E-state index contributed by atoms with van der Waals surface area (Å²) in [6.45, 7) is 1.46. The number of rotatable bonds is 7. The second-order valence-corrected chi connectivity index (χ2v) is 9.36. The van der Waals surface area contributed by atoms with Crippen LogP contribution in [-0.4, -0.2) is 35.2 Å². The van der Waals surface area contributed by atoms with Gasteiger partial charge < -0.3 is 16.0 Å². The highest BCUT2D eigenvalue weighted by atomic mass is 19.1. The Kier molecular flexibility index (Phi) is 7.11. The molecule has 4 aromatic rings. The molecule has 0 saturated carbocycles. The zero-order valence-corrected chi connectivity index (χ0v) is 21.5. The van der Waals surface area contributed by atoms with E-state index in [9.17, 15) is 23.6 Å². The van der Waals surface area contributed by atoms with E-state index < -0.39 is 41.7 Å². The van der Waals surface area contributed by atoms with Crippen LogP contribution in [0.25, 0.3) is 0 Å². The van der Waals surface area contributed by atoms with Crippen molar-refractivity contribution in [3.8, 4) is 0 Å². The van der Waals surface area contributed by atoms with Gasteiger partial charge >= 0.3 is 12.1 Å². The molecule has 9 heteroatoms. The normalized spacial score (nSPS) is 16.4. The lowest BCUT2D eigenvalue weighted by Crippen LogP contribution is -2.45. The number of ketones is 1. The highest BCUT2D eigenvalue weighted by Crippen LogP contribution is 2.36. The number of para-hydroxylation sites is 1. The van der Waals surface area contributed by atoms with E-state index in [1.807, 2.05) is 25.1 Å². The molecule has 8 nitrogen and oxygen atoms in total. The van der Waals surface area contributed by atoms with Crippen molar-refractivity contribution in [3.63, 3.8) is 0 Å². The molecule has 1 aliphatic heterocycles. The molecule has 0 spiro atoms. The largest absolute Gasteiger partial charge is 0.325 e. The summed E-state index contributed by atoms with van der Waals surface area (Å²) in [4.78, 5) is 53.2. The standard InChI is InChI=1S/C31H25FN4O4/c1-20-11-15-23(16-12-20)31(22-7-3-2-4-8-22)28(38)36(30(40)35-31)19-27(37)21-13-17-24(18-14-21)33-29(39)34-26-10-6-5-9-25(26)32/h2-18H,19H2,1H3,(H,35,40)(H2,33,34,39). The Morgan fingerprint density at radius 3 is 2.10 bits per heavy atom. The minimum absolute atomic E-state index is 0.0255. The summed E-state index contributed by atoms with van der Waals surface area (Å²) in [5, 5.41) is 7.81. The third kappa shape index (κ3) is 5.04. The fourth-order valence-electron chi connectivity index (χ4n) is 4.59. The monoisotopic (exact) mass is 536 g/mol. The molecule has 1 fully saturated rings. The number of anilines is 2. The third-order valence-electron chi connectivity index (χ3n) is 6.69. The van der Waals surface area contributed by atoms with E-state index in [1.165, 1.54) is 42.5 Å². The van der Waals surface area contributed by atoms with E-state index in [1.54, 1.807) is 42.5 Å². The van der Waals surface area contributed by atoms with E-state index in [2.05, 4.69) is 16.0 Å². The maximum atomic E-state index is 13.8. The first-order valence-corrected chi connectivity index (χ1v) is 12.5. The number of Topliss-reactive ketones (excluding diaryl/α,β-unsaturated/α-hetero) is 1. The van der Waals surface area contributed by atoms with Gasteiger partial charge in [-0.05, 0) is 54.4 Å². The molecule has 1 unspecified atom stereocenters. The summed E-state index contributed by atoms with van der Waals surface area (Å²) in [5.41, 5.74) is 1.33. The second-order valence-electron chi connectivity index (χ2n) is 9.36. The van der Waals surface area contributed by atoms with Crippen LogP contribution >= 0.6 is 0 Å². The van der Waals surface area contributed by atoms with Gasteiger partial charge in [0.25, 0.3) is 5.91 Å². The van der Waals surface area contributed by atoms with E-state index in [4.69, 9.17) is 0 Å². The van der Waals surface area contributed by atoms with Crippen molar-refractivity contribution in [1.82, 2.24) is 10.2 Å². The van der Waals surface area contributed by atoms with Gasteiger partial charge in [0.05, 0.1) is 12.2 Å². The molecule has 4 aromatic carbocycles. The molecule has 3 N–H and O–H groups in total. The number of aryl methyl sites for hydroxylation is 1. The summed E-state index contributed by atoms with van der Waals surface area (Å²) in [7, 11) is 0. The van der Waals surface area contributed by atoms with Crippen LogP contribution in [0.4, 0.5) is 25.4 Å². The van der Waals surface area contributed by atoms with Gasteiger partial charge in [-0.15, -0.1) is 0 Å². The van der Waals surface area contributed by atoms with Gasteiger partial charge in [0.1, 0.15) is 5.82 Å². The van der Waals surface area contributed by atoms with Gasteiger partial charge in [-0.3, -0.25) is 14.5 Å². The lowest BCUT2D eigenvalue weighted by atomic mass is 9.82. The van der Waals surface area contributed by atoms with Crippen molar-refractivity contribution < 1.29 is 23.6 Å². The van der Waals surface area contributed by atoms with E-state index in [0.29, 0.717) is 16.8 Å². The summed E-state index contributed by atoms with van der Waals surface area (Å²) in [6, 6.07) is 26.6. The summed E-state index contributed by atoms with van der Waals surface area (Å²) in [6.07, 6.45) is 0. The van der Waals surface area contributed by atoms with Crippen LogP contribution in [-0.2, 0) is 10.3 Å². The van der Waals surface area contributed by atoms with Crippen molar-refractivity contribution in [2.75, 3.05) is 17.2 Å². The van der Waals surface area contributed by atoms with Crippen molar-refractivity contribution in [1.29, 1.82) is 0 Å². The Balaban J connectivity index is 1.31. The lowest BCUT2D eigenvalue weighted by molar-refractivity contribution is -0.129. The molecule has 5 amide bonds. The molecule has 1 atom stereocenters. The first-order chi connectivity index (χ1) is 19.3. The molecule has 40 heavy (non-hydrogen) atoms. The number of carbonyl (C=O) groups is 4. The first kappa shape index (κ1) is 26.3. The van der Waals surface area contributed by atoms with Gasteiger partial charge in [0.2, 0.25) is 0 Å². The second kappa shape index (κ2) is 10.8. The molecule has 5 rings (SSSR count). The molecule has 0 aliphatic carbocycles. The Labute approximate surface area is 229 Å². The molecular formula is C31H25FN4O4. The average Bonchev–Trinajstić information content (AvgIpc) is 3.21. The van der Waals surface area contributed by atoms with Gasteiger partial charge in [-0.2, -0.15) is 0 Å². The number of carbonyl (C=O) groups excluding carboxylic acids is 4. The van der Waals surface area contributed by atoms with Gasteiger partial charge in [0, 0.05) is 11.3 Å². The van der Waals surface area contributed by atoms with Crippen LogP contribution in [0.15, 0.2) is 103 Å². The minimum Gasteiger partial charge on any atom is -0.315 e. The van der Waals surface area contributed by atoms with E-state index in [0.717, 1.165) is 10.5 Å². The Bertz CT molecular complexity index is 1590. The Morgan fingerprint density at radius 2 is 1.43 bits per heavy atom. The number of benzene rings is 4. The van der Waals surface area contributed by atoms with Crippen molar-refractivity contribution in [2.24, 2.45) is 0 Å². The molecule has 1 aliphatic rings. The van der Waals surface area contributed by atoms with Crippen LogP contribution in [0.5, 0.6) is 0 Å². The van der Waals surface area contributed by atoms with Crippen LogP contribution < -0.4 is 16.0 Å². The number of hydrogen-bond donors (Lipinski definition) is 3. The number of halogens is 1. The summed E-state index contributed by atoms with van der Waals surface area (Å²) >= 11 is 0. The summed E-state index contributed by atoms with van der Waals surface area (Å²) in [5.74, 6) is -1.58. The molecule has 0 radical (unpaired) electrons. The quantitative estimate of drug-likeness (QED) is 0.215. The molecular weight excluding hydrogens is 511 g/mol. The predicted octanol–water partition coefficient (Wildman–Crippen LogP) is 5.46. The number of amides is 5. The fraction of sp³-hybridized carbons (Fsp3) is 0.0968. The topological polar surface area (TPSA) is 108 Å². The minimum atomic E-state index is -1.47. The van der Waals surface area contributed by atoms with Gasteiger partial charge in [-0.25, -0.2) is 14.0 Å². The average molecular weight is 537 g/mol. The lowest BCUT2D eigenvalue weighted by Gasteiger charge is -2.28. The van der Waals surface area contributed by atoms with Crippen molar-refractivity contribution in [2.45, 2.75) is 12.5 Å². The molecule has 0 aromatic heterocycles. The SMILES string of the molecule is Cc1ccc(C2(c3ccccc3)NC(=O)N(CC(=O)c3ccc(NC(=O)Nc4ccccc4F)cc3)C2=O)cc1. The Hall–Kier alpha value is -5.31. The highest BCUT2D eigenvalue weighted by molar-refractivity contribution is 6.13. The Morgan fingerprint density at radius 1 is 0.800 bits per heavy atom. The van der Waals surface area contributed by atoms with Crippen LogP contribution in [0.1, 0.15) is 27.0 Å². The van der Waals surface area contributed by atoms with E-state index in [-0.39, 0.29) is 11.3 Å². The van der Waals surface area contributed by atoms with Crippen LogP contribution in [0.3, 0.4) is 0 Å². The smallest absolute Gasteiger partial charge is 0.315 e. The van der Waals surface area contributed by atoms with Crippen molar-refractivity contribution >= 4 is 35.1 Å². The van der Waals surface area contributed by atoms with Crippen LogP contribution in [0, 0.1) is 12.7 Å². The first-order valence-electron chi connectivity index (χ1n) is 12.5. The number of nitrogens with zero attached hydrogens (tertiary/aromatic N) is 1. The zero-order chi connectivity index (χ0) is 28.3. The van der Waals surface area contributed by atoms with Crippen LogP contribution in [0.2, 0.25) is 0 Å². The highest BCUT2D eigenvalue weighted by Gasteiger charge is 2.54. The zero-order valence-electron chi connectivity index (χ0n) is 21.5. The fourth-order valence-corrected chi connectivity index (χ4v) is 4.59. The van der Waals surface area contributed by atoms with E-state index >= 15 is 0 Å². The molecule has 1 saturated heterocycles. The molecule has 0 bridgehead atoms. The summed E-state index contributed by atoms with van der Waals surface area (Å²) < 4.78 is 13.8. The maximum absolute atomic E-state index is 13.8. The number of hydrogen-bond acceptors (Lipinski definition) is 4. The molecule has 200 valence electrons. The van der Waals surface area contributed by atoms with Crippen molar-refractivity contribution in [3.05, 3.63) is 131 Å². The molecule has 1 heterocycles. The number of imide groups is 1. The van der Waals surface area contributed by atoms with Gasteiger partial charge in [0.15, 0.2) is 11.3 Å².